The van der Waals surface area contributed by atoms with Crippen molar-refractivity contribution in [2.45, 2.75) is 18.8 Å². The molecule has 2 unspecified atom stereocenters. The van der Waals surface area contributed by atoms with Gasteiger partial charge in [-0.25, -0.2) is 0 Å². The number of allylic oxidation sites excluding steroid dienone is 1. The topological polar surface area (TPSA) is 97.1 Å². The fourth-order valence-corrected chi connectivity index (χ4v) is 3.38. The molecule has 0 aromatic heterocycles. The van der Waals surface area contributed by atoms with E-state index in [9.17, 15) is 10.2 Å². The van der Waals surface area contributed by atoms with Crippen LogP contribution in [-0.2, 0) is 0 Å². The van der Waals surface area contributed by atoms with Crippen molar-refractivity contribution in [3.05, 3.63) is 65.4 Å². The van der Waals surface area contributed by atoms with E-state index >= 15 is 0 Å². The lowest BCUT2D eigenvalue weighted by Gasteiger charge is -2.12. The first-order valence-electron chi connectivity index (χ1n) is 8.67. The van der Waals surface area contributed by atoms with Crippen molar-refractivity contribution in [3.8, 4) is 0 Å². The molecule has 134 valence electrons. The molecular weight excluding hydrogens is 330 g/mol. The van der Waals surface area contributed by atoms with Crippen LogP contribution in [0.2, 0.25) is 0 Å². The van der Waals surface area contributed by atoms with Crippen LogP contribution >= 0.6 is 0 Å². The van der Waals surface area contributed by atoms with E-state index in [4.69, 9.17) is 5.11 Å². The lowest BCUT2D eigenvalue weighted by molar-refractivity contribution is 0.0904. The summed E-state index contributed by atoms with van der Waals surface area (Å²) < 4.78 is 0. The van der Waals surface area contributed by atoms with Crippen LogP contribution in [0.5, 0.6) is 0 Å². The van der Waals surface area contributed by atoms with E-state index in [2.05, 4.69) is 15.6 Å². The van der Waals surface area contributed by atoms with Gasteiger partial charge >= 0.3 is 0 Å². The van der Waals surface area contributed by atoms with E-state index < -0.39 is 12.3 Å². The Labute approximate surface area is 151 Å². The van der Waals surface area contributed by atoms with Crippen LogP contribution < -0.4 is 10.6 Å². The number of aliphatic imine (C=N–C) groups is 1. The molecule has 2 atom stereocenters. The quantitative estimate of drug-likeness (QED) is 0.579. The van der Waals surface area contributed by atoms with Gasteiger partial charge in [-0.2, -0.15) is 0 Å². The molecule has 6 heteroatoms. The van der Waals surface area contributed by atoms with E-state index in [-0.39, 0.29) is 6.61 Å². The molecule has 5 N–H and O–H groups in total. The average molecular weight is 351 g/mol. The molecule has 0 fully saturated rings. The second-order valence-electron chi connectivity index (χ2n) is 6.41. The first kappa shape index (κ1) is 16.8. The molecular formula is C20H21N3O3. The lowest BCUT2D eigenvalue weighted by atomic mass is 10.0. The molecule has 4 rings (SSSR count). The molecule has 0 amide bonds. The Balaban J connectivity index is 1.79. The lowest BCUT2D eigenvalue weighted by Crippen LogP contribution is -2.18. The van der Waals surface area contributed by atoms with Crippen molar-refractivity contribution in [2.24, 2.45) is 4.99 Å². The number of nitrogens with one attached hydrogen (secondary N) is 2. The molecule has 0 radical (unpaired) electrons. The van der Waals surface area contributed by atoms with Crippen LogP contribution in [0, 0.1) is 0 Å². The summed E-state index contributed by atoms with van der Waals surface area (Å²) in [6.07, 6.45) is -1.22. The van der Waals surface area contributed by atoms with E-state index in [1.807, 2.05) is 48.5 Å². The number of para-hydroxylation sites is 2. The number of hydrogen-bond acceptors (Lipinski definition) is 6. The van der Waals surface area contributed by atoms with Crippen LogP contribution in [0.4, 0.5) is 11.4 Å². The summed E-state index contributed by atoms with van der Waals surface area (Å²) in [5.74, 6) is 0. The third-order valence-electron chi connectivity index (χ3n) is 4.67. The molecule has 0 saturated heterocycles. The van der Waals surface area contributed by atoms with Gasteiger partial charge in [-0.15, -0.1) is 0 Å². The predicted molar refractivity (Wildman–Crippen MR) is 102 cm³/mol. The summed E-state index contributed by atoms with van der Waals surface area (Å²) >= 11 is 0. The van der Waals surface area contributed by atoms with Gasteiger partial charge in [-0.1, -0.05) is 36.4 Å². The summed E-state index contributed by atoms with van der Waals surface area (Å²) in [4.78, 5) is 4.67. The van der Waals surface area contributed by atoms with Gasteiger partial charge in [0.1, 0.15) is 0 Å². The minimum atomic E-state index is -0.822. The average Bonchev–Trinajstić information content (AvgIpc) is 3.18. The number of aliphatic hydroxyl groups excluding tert-OH is 3. The van der Waals surface area contributed by atoms with Gasteiger partial charge in [-0.05, 0) is 18.6 Å². The van der Waals surface area contributed by atoms with Crippen molar-refractivity contribution in [1.29, 1.82) is 0 Å². The zero-order chi connectivity index (χ0) is 18.1. The van der Waals surface area contributed by atoms with Crippen molar-refractivity contribution in [1.82, 2.24) is 0 Å². The van der Waals surface area contributed by atoms with Gasteiger partial charge < -0.3 is 26.0 Å². The molecule has 2 heterocycles. The standard InChI is InChI=1S/C20H21N3O3/c24-11-12(25)9-10-21-18-14-6-2-4-8-16(14)22-19(18)17-13-5-1-3-7-15(13)23-20(17)26/h1-8,12,20,22-26H,9-11H2/b19-17-,21-18+. The summed E-state index contributed by atoms with van der Waals surface area (Å²) in [6.45, 7) is 0.110. The van der Waals surface area contributed by atoms with Crippen LogP contribution in [0.25, 0.3) is 5.57 Å². The third-order valence-corrected chi connectivity index (χ3v) is 4.67. The number of aliphatic hydroxyl groups is 3. The first-order valence-corrected chi connectivity index (χ1v) is 8.67. The minimum absolute atomic E-state index is 0.274. The predicted octanol–water partition coefficient (Wildman–Crippen LogP) is 1.80. The molecule has 2 aliphatic heterocycles. The highest BCUT2D eigenvalue weighted by molar-refractivity contribution is 6.25. The maximum atomic E-state index is 10.6. The molecule has 0 spiro atoms. The van der Waals surface area contributed by atoms with Gasteiger partial charge in [0.2, 0.25) is 0 Å². The summed E-state index contributed by atoms with van der Waals surface area (Å²) in [6, 6.07) is 15.6. The summed E-state index contributed by atoms with van der Waals surface area (Å²) in [5, 5.41) is 35.6. The highest BCUT2D eigenvalue weighted by atomic mass is 16.3. The number of benzene rings is 2. The van der Waals surface area contributed by atoms with Gasteiger partial charge in [-0.3, -0.25) is 4.99 Å². The smallest absolute Gasteiger partial charge is 0.153 e. The largest absolute Gasteiger partial charge is 0.394 e. The van der Waals surface area contributed by atoms with E-state index in [0.29, 0.717) is 13.0 Å². The highest BCUT2D eigenvalue weighted by Crippen LogP contribution is 2.40. The fourth-order valence-electron chi connectivity index (χ4n) is 3.38. The summed E-state index contributed by atoms with van der Waals surface area (Å²) in [7, 11) is 0. The Hall–Kier alpha value is -2.67. The van der Waals surface area contributed by atoms with Gasteiger partial charge in [0.25, 0.3) is 0 Å². The Morgan fingerprint density at radius 1 is 1.00 bits per heavy atom. The Kier molecular flexibility index (Phi) is 4.46. The van der Waals surface area contributed by atoms with Crippen LogP contribution in [-0.4, -0.2) is 46.5 Å². The molecule has 26 heavy (non-hydrogen) atoms. The number of nitrogens with zero attached hydrogens (tertiary/aromatic N) is 1. The number of anilines is 2. The maximum absolute atomic E-state index is 10.6. The number of rotatable bonds is 4. The van der Waals surface area contributed by atoms with Gasteiger partial charge in [0, 0.05) is 34.6 Å². The molecule has 0 aliphatic carbocycles. The van der Waals surface area contributed by atoms with Crippen LogP contribution in [0.3, 0.4) is 0 Å². The number of fused-ring (bicyclic) bond motifs is 2. The van der Waals surface area contributed by atoms with Crippen LogP contribution in [0.15, 0.2) is 59.2 Å². The monoisotopic (exact) mass is 351 g/mol. The zero-order valence-electron chi connectivity index (χ0n) is 14.2. The first-order chi connectivity index (χ1) is 12.7. The molecule has 6 nitrogen and oxygen atoms in total. The Morgan fingerprint density at radius 2 is 1.69 bits per heavy atom. The van der Waals surface area contributed by atoms with Crippen LogP contribution in [0.1, 0.15) is 17.5 Å². The van der Waals surface area contributed by atoms with E-state index in [1.165, 1.54) is 0 Å². The molecule has 0 bridgehead atoms. The van der Waals surface area contributed by atoms with Crippen molar-refractivity contribution in [3.63, 3.8) is 0 Å². The second kappa shape index (κ2) is 6.92. The second-order valence-corrected chi connectivity index (χ2v) is 6.41. The molecule has 2 aromatic carbocycles. The molecule has 2 aliphatic rings. The molecule has 2 aromatic rings. The summed E-state index contributed by atoms with van der Waals surface area (Å²) in [5.41, 5.74) is 6.03. The van der Waals surface area contributed by atoms with E-state index in [0.717, 1.165) is 39.5 Å². The highest BCUT2D eigenvalue weighted by Gasteiger charge is 2.33. The Morgan fingerprint density at radius 3 is 2.46 bits per heavy atom. The molecule has 0 saturated carbocycles. The van der Waals surface area contributed by atoms with E-state index in [1.54, 1.807) is 0 Å². The minimum Gasteiger partial charge on any atom is -0.394 e. The van der Waals surface area contributed by atoms with Crippen molar-refractivity contribution < 1.29 is 15.3 Å². The Bertz CT molecular complexity index is 891. The fraction of sp³-hybridized carbons (Fsp3) is 0.250. The van der Waals surface area contributed by atoms with Crippen molar-refractivity contribution in [2.75, 3.05) is 23.8 Å². The normalized spacial score (nSPS) is 23.3. The van der Waals surface area contributed by atoms with Crippen molar-refractivity contribution >= 4 is 22.7 Å². The van der Waals surface area contributed by atoms with Gasteiger partial charge in [0.15, 0.2) is 6.23 Å². The zero-order valence-corrected chi connectivity index (χ0v) is 14.2. The SMILES string of the molecule is OCC(O)CC/N=C1/C(=C2\c3ccccc3NC2O)Nc2ccccc21. The third kappa shape index (κ3) is 2.88. The maximum Gasteiger partial charge on any atom is 0.153 e. The van der Waals surface area contributed by atoms with Gasteiger partial charge in [0.05, 0.1) is 24.1 Å². The number of hydrogen-bond donors (Lipinski definition) is 5.